The van der Waals surface area contributed by atoms with Crippen LogP contribution in [0.1, 0.15) is 35.9 Å². The largest absolute Gasteiger partial charge is 0.447 e. The van der Waals surface area contributed by atoms with E-state index < -0.39 is 11.7 Å². The first-order valence-electron chi connectivity index (χ1n) is 12.0. The zero-order chi connectivity index (χ0) is 27.1. The summed E-state index contributed by atoms with van der Waals surface area (Å²) in [6.07, 6.45) is 2.67. The van der Waals surface area contributed by atoms with Crippen LogP contribution in [0.4, 0.5) is 13.2 Å². The summed E-state index contributed by atoms with van der Waals surface area (Å²) in [7, 11) is 0. The summed E-state index contributed by atoms with van der Waals surface area (Å²) in [5, 5.41) is 10.4. The van der Waals surface area contributed by atoms with E-state index in [1.807, 2.05) is 6.07 Å². The number of fused-ring (bicyclic) bond motifs is 2. The third-order valence-corrected chi connectivity index (χ3v) is 6.30. The van der Waals surface area contributed by atoms with Crippen molar-refractivity contribution in [1.82, 2.24) is 33.8 Å². The first-order valence-corrected chi connectivity index (χ1v) is 12.0. The lowest BCUT2D eigenvalue weighted by Crippen LogP contribution is -2.21. The van der Waals surface area contributed by atoms with E-state index in [-0.39, 0.29) is 17.9 Å². The van der Waals surface area contributed by atoms with Crippen molar-refractivity contribution < 1.29 is 17.6 Å². The second-order valence-corrected chi connectivity index (χ2v) is 9.06. The van der Waals surface area contributed by atoms with E-state index in [4.69, 9.17) is 4.42 Å². The van der Waals surface area contributed by atoms with Crippen LogP contribution in [0.3, 0.4) is 0 Å². The van der Waals surface area contributed by atoms with Crippen LogP contribution in [0.2, 0.25) is 0 Å². The number of hydrogen-bond acceptors (Lipinski definition) is 6. The molecule has 1 aliphatic rings. The average Bonchev–Trinajstić information content (AvgIpc) is 3.45. The van der Waals surface area contributed by atoms with E-state index in [9.17, 15) is 22.8 Å². The number of aromatic nitrogens is 7. The Kier molecular flexibility index (Phi) is 5.89. The molecule has 1 aromatic carbocycles. The number of oxazole rings is 1. The van der Waals surface area contributed by atoms with Crippen LogP contribution in [-0.4, -0.2) is 33.8 Å². The molecule has 1 fully saturated rings. The minimum Gasteiger partial charge on any atom is -0.447 e. The zero-order valence-electron chi connectivity index (χ0n) is 20.2. The highest BCUT2D eigenvalue weighted by Crippen LogP contribution is 2.39. The van der Waals surface area contributed by atoms with Gasteiger partial charge in [-0.05, 0) is 60.4 Å². The molecular weight excluding hydrogens is 515 g/mol. The van der Waals surface area contributed by atoms with Gasteiger partial charge in [-0.3, -0.25) is 4.40 Å². The summed E-state index contributed by atoms with van der Waals surface area (Å²) in [5.41, 5.74) is 1.87. The summed E-state index contributed by atoms with van der Waals surface area (Å²) >= 11 is 0. The van der Waals surface area contributed by atoms with E-state index in [0.717, 1.165) is 30.7 Å². The molecule has 0 bridgehead atoms. The Labute approximate surface area is 217 Å². The van der Waals surface area contributed by atoms with Gasteiger partial charge in [0.15, 0.2) is 11.3 Å². The fourth-order valence-electron chi connectivity index (χ4n) is 4.09. The highest BCUT2D eigenvalue weighted by Gasteiger charge is 2.30. The second kappa shape index (κ2) is 9.42. The Morgan fingerprint density at radius 3 is 2.44 bits per heavy atom. The van der Waals surface area contributed by atoms with Gasteiger partial charge in [0.05, 0.1) is 11.3 Å². The molecule has 1 saturated carbocycles. The summed E-state index contributed by atoms with van der Waals surface area (Å²) in [6.45, 7) is 0.114. The quantitative estimate of drug-likeness (QED) is 0.363. The highest BCUT2D eigenvalue weighted by molar-refractivity contribution is 5.64. The number of nitrogens with zero attached hydrogens (tertiary/aromatic N) is 6. The highest BCUT2D eigenvalue weighted by atomic mass is 19.4. The fraction of sp³-hybridized carbons (Fsp3) is 0.192. The van der Waals surface area contributed by atoms with E-state index in [1.54, 1.807) is 42.9 Å². The lowest BCUT2D eigenvalue weighted by molar-refractivity contribution is -0.137. The smallest absolute Gasteiger partial charge is 0.416 e. The number of pyridine rings is 2. The molecule has 198 valence electrons. The van der Waals surface area contributed by atoms with Crippen LogP contribution >= 0.6 is 0 Å². The molecular formula is C26H20F3N7O3. The average molecular weight is 535 g/mol. The number of nitrogens with one attached hydrogen (secondary N) is 1. The van der Waals surface area contributed by atoms with Crippen molar-refractivity contribution >= 4 is 11.3 Å². The first kappa shape index (κ1) is 24.4. The summed E-state index contributed by atoms with van der Waals surface area (Å²) in [6, 6.07) is 13.5. The van der Waals surface area contributed by atoms with Gasteiger partial charge in [0, 0.05) is 18.3 Å². The van der Waals surface area contributed by atoms with E-state index >= 15 is 0 Å². The fourth-order valence-corrected chi connectivity index (χ4v) is 4.09. The van der Waals surface area contributed by atoms with E-state index in [0.29, 0.717) is 34.2 Å². The van der Waals surface area contributed by atoms with Gasteiger partial charge in [0.2, 0.25) is 5.89 Å². The van der Waals surface area contributed by atoms with Crippen molar-refractivity contribution in [3.05, 3.63) is 111 Å². The van der Waals surface area contributed by atoms with Crippen LogP contribution in [0.5, 0.6) is 0 Å². The maximum Gasteiger partial charge on any atom is 0.416 e. The molecule has 10 nitrogen and oxygen atoms in total. The Morgan fingerprint density at radius 2 is 1.72 bits per heavy atom. The summed E-state index contributed by atoms with van der Waals surface area (Å²) in [5.74, 6) is 0.872. The second-order valence-electron chi connectivity index (χ2n) is 9.06. The van der Waals surface area contributed by atoms with Gasteiger partial charge in [-0.2, -0.15) is 18.3 Å². The molecule has 0 aliphatic heterocycles. The normalized spacial score (nSPS) is 13.5. The van der Waals surface area contributed by atoms with E-state index in [1.165, 1.54) is 25.6 Å². The standard InChI is InChI=1S/C20H15F3N4O2.C6H5N3O/c21-20(22,23)15-6-3-12(4-7-15)14-5-8-17-25-27(19(28)26(17)9-14)10-18-24-16(11-29-18)13-1-2-13;10-6-8-7-5-3-1-2-4-9(5)6/h3-9,11,13H,1-2,10H2;1-4H,(H,8,10). The van der Waals surface area contributed by atoms with Gasteiger partial charge < -0.3 is 4.42 Å². The Morgan fingerprint density at radius 1 is 0.949 bits per heavy atom. The van der Waals surface area contributed by atoms with Crippen molar-refractivity contribution in [2.75, 3.05) is 0 Å². The van der Waals surface area contributed by atoms with Crippen molar-refractivity contribution in [2.24, 2.45) is 0 Å². The van der Waals surface area contributed by atoms with Gasteiger partial charge in [-0.1, -0.05) is 18.2 Å². The van der Waals surface area contributed by atoms with Gasteiger partial charge >= 0.3 is 17.6 Å². The van der Waals surface area contributed by atoms with Crippen LogP contribution in [0.15, 0.2) is 87.3 Å². The predicted molar refractivity (Wildman–Crippen MR) is 133 cm³/mol. The minimum absolute atomic E-state index is 0.114. The summed E-state index contributed by atoms with van der Waals surface area (Å²) < 4.78 is 47.7. The lowest BCUT2D eigenvalue weighted by Gasteiger charge is -2.07. The summed E-state index contributed by atoms with van der Waals surface area (Å²) in [4.78, 5) is 27.9. The number of hydrogen-bond donors (Lipinski definition) is 1. The number of halogens is 3. The maximum absolute atomic E-state index is 12.7. The maximum atomic E-state index is 12.7. The van der Waals surface area contributed by atoms with Crippen LogP contribution in [0, 0.1) is 0 Å². The third-order valence-electron chi connectivity index (χ3n) is 6.30. The lowest BCUT2D eigenvalue weighted by atomic mass is 10.1. The molecule has 5 heterocycles. The van der Waals surface area contributed by atoms with Gasteiger partial charge in [-0.25, -0.2) is 28.8 Å². The molecule has 0 unspecified atom stereocenters. The molecule has 1 N–H and O–H groups in total. The van der Waals surface area contributed by atoms with Gasteiger partial charge in [0.25, 0.3) is 0 Å². The third kappa shape index (κ3) is 4.98. The Hall–Kier alpha value is -4.94. The molecule has 0 radical (unpaired) electrons. The molecule has 0 saturated heterocycles. The molecule has 7 rings (SSSR count). The van der Waals surface area contributed by atoms with Gasteiger partial charge in [-0.15, -0.1) is 5.10 Å². The van der Waals surface area contributed by atoms with Crippen molar-refractivity contribution in [2.45, 2.75) is 31.5 Å². The molecule has 0 spiro atoms. The minimum atomic E-state index is -4.39. The number of H-pyrrole nitrogens is 1. The number of alkyl halides is 3. The van der Waals surface area contributed by atoms with Crippen molar-refractivity contribution in [3.8, 4) is 11.1 Å². The molecule has 13 heteroatoms. The number of benzene rings is 1. The van der Waals surface area contributed by atoms with Gasteiger partial charge in [0.1, 0.15) is 12.8 Å². The zero-order valence-corrected chi connectivity index (χ0v) is 20.2. The van der Waals surface area contributed by atoms with Crippen molar-refractivity contribution in [1.29, 1.82) is 0 Å². The molecule has 5 aromatic heterocycles. The SMILES string of the molecule is O=c1[nH]nc2ccccn12.O=c1n(Cc2nc(C3CC3)co2)nc2ccc(-c3ccc(C(F)(F)F)cc3)cn12. The number of aromatic amines is 1. The molecule has 6 aromatic rings. The van der Waals surface area contributed by atoms with E-state index in [2.05, 4.69) is 20.3 Å². The van der Waals surface area contributed by atoms with Crippen molar-refractivity contribution in [3.63, 3.8) is 0 Å². The molecule has 0 amide bonds. The molecule has 1 aliphatic carbocycles. The monoisotopic (exact) mass is 535 g/mol. The Bertz CT molecular complexity index is 1890. The molecule has 0 atom stereocenters. The molecule has 39 heavy (non-hydrogen) atoms. The first-order chi connectivity index (χ1) is 18.8. The number of rotatable bonds is 4. The Balaban J connectivity index is 0.000000231. The predicted octanol–water partition coefficient (Wildman–Crippen LogP) is 4.12. The topological polar surface area (TPSA) is 115 Å². The van der Waals surface area contributed by atoms with Crippen LogP contribution in [-0.2, 0) is 12.7 Å². The van der Waals surface area contributed by atoms with Crippen LogP contribution in [0.25, 0.3) is 22.4 Å². The van der Waals surface area contributed by atoms with Crippen LogP contribution < -0.4 is 11.4 Å².